The largest absolute Gasteiger partial charge is 0.240 e. The molecule has 0 radical (unpaired) electrons. The van der Waals surface area contributed by atoms with Crippen LogP contribution in [0.5, 0.6) is 0 Å². The lowest BCUT2D eigenvalue weighted by Gasteiger charge is -2.10. The number of nitrogens with one attached hydrogen (secondary N) is 2. The molecule has 0 heterocycles. The van der Waals surface area contributed by atoms with Crippen molar-refractivity contribution in [3.05, 3.63) is 23.8 Å². The van der Waals surface area contributed by atoms with Crippen molar-refractivity contribution in [3.8, 4) is 0 Å². The predicted molar refractivity (Wildman–Crippen MR) is 72.9 cm³/mol. The van der Waals surface area contributed by atoms with Crippen LogP contribution in [0.15, 0.2) is 28.0 Å². The molecule has 19 heavy (non-hydrogen) atoms. The van der Waals surface area contributed by atoms with E-state index in [1.54, 1.807) is 20.8 Å². The molecule has 0 saturated carbocycles. The molecule has 0 saturated heterocycles. The predicted octanol–water partition coefficient (Wildman–Crippen LogP) is 0.591. The molecule has 8 heteroatoms. The minimum absolute atomic E-state index is 0.0201. The summed E-state index contributed by atoms with van der Waals surface area (Å²) in [7, 11) is -7.35. The lowest BCUT2D eigenvalue weighted by molar-refractivity contribution is 0.581. The molecule has 0 fully saturated rings. The number of rotatable bonds is 6. The highest BCUT2D eigenvalue weighted by atomic mass is 32.2. The van der Waals surface area contributed by atoms with Crippen LogP contribution in [0, 0.1) is 6.92 Å². The Labute approximate surface area is 114 Å². The fraction of sp³-hybridized carbons (Fsp3) is 0.455. The quantitative estimate of drug-likeness (QED) is 0.804. The Hall–Kier alpha value is -0.960. The van der Waals surface area contributed by atoms with E-state index < -0.39 is 20.0 Å². The SMILES string of the molecule is CCNS(=O)(=O)c1ccc(C)c(S(=O)(=O)NCC)c1. The Morgan fingerprint density at radius 1 is 0.947 bits per heavy atom. The summed E-state index contributed by atoms with van der Waals surface area (Å²) in [4.78, 5) is -0.0789. The molecule has 0 aliphatic rings. The average molecular weight is 306 g/mol. The van der Waals surface area contributed by atoms with Gasteiger partial charge in [-0.15, -0.1) is 0 Å². The van der Waals surface area contributed by atoms with Gasteiger partial charge in [-0.25, -0.2) is 26.3 Å². The minimum Gasteiger partial charge on any atom is -0.211 e. The van der Waals surface area contributed by atoms with Crippen molar-refractivity contribution in [1.29, 1.82) is 0 Å². The van der Waals surface area contributed by atoms with Gasteiger partial charge in [0, 0.05) is 13.1 Å². The zero-order valence-corrected chi connectivity index (χ0v) is 12.7. The molecule has 0 atom stereocenters. The zero-order chi connectivity index (χ0) is 14.7. The molecule has 0 amide bonds. The summed E-state index contributed by atoms with van der Waals surface area (Å²) >= 11 is 0. The van der Waals surface area contributed by atoms with Crippen molar-refractivity contribution in [1.82, 2.24) is 9.44 Å². The van der Waals surface area contributed by atoms with Crippen LogP contribution >= 0.6 is 0 Å². The number of hydrogen-bond acceptors (Lipinski definition) is 4. The van der Waals surface area contributed by atoms with E-state index in [2.05, 4.69) is 9.44 Å². The molecule has 0 unspecified atom stereocenters. The number of hydrogen-bond donors (Lipinski definition) is 2. The van der Waals surface area contributed by atoms with Gasteiger partial charge in [0.2, 0.25) is 20.0 Å². The van der Waals surface area contributed by atoms with E-state index in [4.69, 9.17) is 0 Å². The second kappa shape index (κ2) is 6.00. The van der Waals surface area contributed by atoms with Gasteiger partial charge in [0.25, 0.3) is 0 Å². The summed E-state index contributed by atoms with van der Waals surface area (Å²) in [5, 5.41) is 0. The van der Waals surface area contributed by atoms with Crippen molar-refractivity contribution in [2.75, 3.05) is 13.1 Å². The highest BCUT2D eigenvalue weighted by Gasteiger charge is 2.20. The molecule has 0 spiro atoms. The average Bonchev–Trinajstić information content (AvgIpc) is 2.28. The first kappa shape index (κ1) is 16.1. The Balaban J connectivity index is 3.38. The number of sulfonamides is 2. The third-order valence-electron chi connectivity index (χ3n) is 2.43. The van der Waals surface area contributed by atoms with Crippen LogP contribution in [-0.2, 0) is 20.0 Å². The smallest absolute Gasteiger partial charge is 0.211 e. The lowest BCUT2D eigenvalue weighted by Crippen LogP contribution is -2.26. The van der Waals surface area contributed by atoms with E-state index in [-0.39, 0.29) is 22.9 Å². The summed E-state index contributed by atoms with van der Waals surface area (Å²) in [5.74, 6) is 0. The highest BCUT2D eigenvalue weighted by molar-refractivity contribution is 7.90. The Bertz CT molecular complexity index is 651. The lowest BCUT2D eigenvalue weighted by atomic mass is 10.2. The molecule has 1 rings (SSSR count). The van der Waals surface area contributed by atoms with Gasteiger partial charge < -0.3 is 0 Å². The number of benzene rings is 1. The van der Waals surface area contributed by atoms with Crippen LogP contribution in [0.25, 0.3) is 0 Å². The van der Waals surface area contributed by atoms with Gasteiger partial charge in [0.05, 0.1) is 9.79 Å². The fourth-order valence-electron chi connectivity index (χ4n) is 1.58. The highest BCUT2D eigenvalue weighted by Crippen LogP contribution is 2.19. The van der Waals surface area contributed by atoms with Crippen LogP contribution in [0.1, 0.15) is 19.4 Å². The van der Waals surface area contributed by atoms with Crippen LogP contribution in [0.3, 0.4) is 0 Å². The van der Waals surface area contributed by atoms with Crippen molar-refractivity contribution >= 4 is 20.0 Å². The maximum atomic E-state index is 12.0. The van der Waals surface area contributed by atoms with Crippen LogP contribution in [0.4, 0.5) is 0 Å². The first-order valence-corrected chi connectivity index (χ1v) is 8.81. The van der Waals surface area contributed by atoms with Crippen molar-refractivity contribution in [2.24, 2.45) is 0 Å². The van der Waals surface area contributed by atoms with E-state index in [0.717, 1.165) is 0 Å². The summed E-state index contributed by atoms with van der Waals surface area (Å²) in [6.45, 7) is 5.42. The molecular weight excluding hydrogens is 288 g/mol. The molecule has 1 aromatic carbocycles. The van der Waals surface area contributed by atoms with Crippen LogP contribution in [-0.4, -0.2) is 29.9 Å². The van der Waals surface area contributed by atoms with Gasteiger partial charge in [-0.05, 0) is 24.6 Å². The van der Waals surface area contributed by atoms with E-state index in [1.807, 2.05) is 0 Å². The van der Waals surface area contributed by atoms with Crippen LogP contribution < -0.4 is 9.44 Å². The van der Waals surface area contributed by atoms with Gasteiger partial charge >= 0.3 is 0 Å². The monoisotopic (exact) mass is 306 g/mol. The van der Waals surface area contributed by atoms with E-state index in [1.165, 1.54) is 18.2 Å². The molecule has 0 aliphatic carbocycles. The van der Waals surface area contributed by atoms with Gasteiger partial charge in [0.15, 0.2) is 0 Å². The molecule has 6 nitrogen and oxygen atoms in total. The topological polar surface area (TPSA) is 92.3 Å². The molecule has 0 aliphatic heterocycles. The van der Waals surface area contributed by atoms with Gasteiger partial charge in [-0.1, -0.05) is 19.9 Å². The summed E-state index contributed by atoms with van der Waals surface area (Å²) in [6.07, 6.45) is 0. The maximum absolute atomic E-state index is 12.0. The zero-order valence-electron chi connectivity index (χ0n) is 11.1. The molecule has 0 bridgehead atoms. The molecular formula is C11H18N2O4S2. The van der Waals surface area contributed by atoms with Gasteiger partial charge in [-0.3, -0.25) is 0 Å². The first-order chi connectivity index (χ1) is 8.74. The summed E-state index contributed by atoms with van der Waals surface area (Å²) in [6, 6.07) is 4.04. The van der Waals surface area contributed by atoms with Crippen molar-refractivity contribution < 1.29 is 16.8 Å². The normalized spacial score (nSPS) is 12.6. The molecule has 2 N–H and O–H groups in total. The minimum atomic E-state index is -3.68. The van der Waals surface area contributed by atoms with Gasteiger partial charge in [0.1, 0.15) is 0 Å². The Kier molecular flexibility index (Phi) is 5.08. The Morgan fingerprint density at radius 3 is 2.00 bits per heavy atom. The standard InChI is InChI=1S/C11H18N2O4S2/c1-4-12-18(14,15)10-7-6-9(3)11(8-10)19(16,17)13-5-2/h6-8,12-13H,4-5H2,1-3H3. The summed E-state index contributed by atoms with van der Waals surface area (Å²) < 4.78 is 52.3. The second-order valence-corrected chi connectivity index (χ2v) is 7.43. The first-order valence-electron chi connectivity index (χ1n) is 5.84. The maximum Gasteiger partial charge on any atom is 0.240 e. The van der Waals surface area contributed by atoms with Crippen molar-refractivity contribution in [2.45, 2.75) is 30.6 Å². The second-order valence-electron chi connectivity index (χ2n) is 3.93. The van der Waals surface area contributed by atoms with Gasteiger partial charge in [-0.2, -0.15) is 0 Å². The van der Waals surface area contributed by atoms with E-state index in [9.17, 15) is 16.8 Å². The molecule has 0 aromatic heterocycles. The number of aryl methyl sites for hydroxylation is 1. The van der Waals surface area contributed by atoms with Crippen LogP contribution in [0.2, 0.25) is 0 Å². The third-order valence-corrected chi connectivity index (χ3v) is 5.66. The van der Waals surface area contributed by atoms with E-state index >= 15 is 0 Å². The van der Waals surface area contributed by atoms with E-state index in [0.29, 0.717) is 5.56 Å². The Morgan fingerprint density at radius 2 is 1.47 bits per heavy atom. The summed E-state index contributed by atoms with van der Waals surface area (Å²) in [5.41, 5.74) is 0.497. The van der Waals surface area contributed by atoms with Crippen molar-refractivity contribution in [3.63, 3.8) is 0 Å². The fourth-order valence-corrected chi connectivity index (χ4v) is 4.03. The molecule has 108 valence electrons. The third kappa shape index (κ3) is 3.75. The molecule has 1 aromatic rings.